The SMILES string of the molecule is CC/C=C\C/C=C\C/C=C\C/C=C\C/C=C\C/C=C\C/C=C\C/C=C\C/C=C\C/C=C\C/C=C\C/C=C\CCCCC(=O)NC(COC1OC(CO)C(OC2OC(CO)C(O)C(O)C2O)C(O)C1O)C(O)/C=C/CC/C=C/CC/C=C/CCCCCC. The first-order chi connectivity index (χ1) is 42.6. The normalized spacial score (nSPS) is 24.5. The summed E-state index contributed by atoms with van der Waals surface area (Å²) in [6.45, 7) is 2.57. The third-order valence-corrected chi connectivity index (χ3v) is 14.3. The van der Waals surface area contributed by atoms with Gasteiger partial charge in [-0.1, -0.05) is 215 Å². The Morgan fingerprint density at radius 2 is 0.805 bits per heavy atom. The van der Waals surface area contributed by atoms with E-state index in [0.717, 1.165) is 116 Å². The lowest BCUT2D eigenvalue weighted by atomic mass is 9.97. The monoisotopic (exact) mass is 1210 g/mol. The van der Waals surface area contributed by atoms with Crippen LogP contribution in [0.5, 0.6) is 0 Å². The Bertz CT molecular complexity index is 2160. The first-order valence-electron chi connectivity index (χ1n) is 32.5. The molecule has 0 aromatic heterocycles. The molecule has 2 fully saturated rings. The van der Waals surface area contributed by atoms with Crippen molar-refractivity contribution < 1.29 is 64.6 Å². The van der Waals surface area contributed by atoms with Crippen LogP contribution in [0, 0.1) is 0 Å². The first kappa shape index (κ1) is 78.2. The molecular weight excluding hydrogens is 1100 g/mol. The van der Waals surface area contributed by atoms with Crippen LogP contribution in [0.1, 0.15) is 174 Å². The number of rotatable bonds is 49. The number of hydrogen-bond donors (Lipinski definition) is 9. The number of hydrogen-bond acceptors (Lipinski definition) is 13. The fourth-order valence-electron chi connectivity index (χ4n) is 9.12. The van der Waals surface area contributed by atoms with Gasteiger partial charge >= 0.3 is 0 Å². The average Bonchev–Trinajstić information content (AvgIpc) is 2.05. The zero-order valence-corrected chi connectivity index (χ0v) is 52.7. The number of carbonyl (C=O) groups excluding carboxylic acids is 1. The Labute approximate surface area is 523 Å². The van der Waals surface area contributed by atoms with Crippen LogP contribution in [0.2, 0.25) is 0 Å². The highest BCUT2D eigenvalue weighted by Gasteiger charge is 2.51. The van der Waals surface area contributed by atoms with Gasteiger partial charge in [0.15, 0.2) is 12.6 Å². The summed E-state index contributed by atoms with van der Waals surface area (Å²) in [5.74, 6) is -0.306. The van der Waals surface area contributed by atoms with E-state index < -0.39 is 86.8 Å². The molecule has 2 aliphatic rings. The van der Waals surface area contributed by atoms with Crippen LogP contribution in [0.3, 0.4) is 0 Å². The molecule has 87 heavy (non-hydrogen) atoms. The number of unbranched alkanes of at least 4 members (excludes halogenated alkanes) is 8. The molecule has 0 radical (unpaired) electrons. The second-order valence-electron chi connectivity index (χ2n) is 21.8. The maximum Gasteiger partial charge on any atom is 0.220 e. The Balaban J connectivity index is 1.70. The fourth-order valence-corrected chi connectivity index (χ4v) is 9.12. The third kappa shape index (κ3) is 39.7. The van der Waals surface area contributed by atoms with E-state index in [1.807, 2.05) is 6.08 Å². The van der Waals surface area contributed by atoms with Gasteiger partial charge in [-0.05, 0) is 135 Å². The second kappa shape index (κ2) is 55.2. The smallest absolute Gasteiger partial charge is 0.220 e. The molecule has 0 aromatic carbocycles. The summed E-state index contributed by atoms with van der Waals surface area (Å²) < 4.78 is 22.7. The van der Waals surface area contributed by atoms with Crippen molar-refractivity contribution in [2.45, 2.75) is 248 Å². The van der Waals surface area contributed by atoms with Crippen LogP contribution in [0.4, 0.5) is 0 Å². The van der Waals surface area contributed by atoms with Crippen molar-refractivity contribution in [1.82, 2.24) is 5.32 Å². The zero-order chi connectivity index (χ0) is 63.1. The summed E-state index contributed by atoms with van der Waals surface area (Å²) in [6, 6.07) is -0.975. The van der Waals surface area contributed by atoms with E-state index in [2.05, 4.69) is 189 Å². The standard InChI is InChI=1S/C73H113NO13/c1-3-5-7-9-11-13-15-17-19-20-21-22-23-24-25-26-27-28-29-30-31-32-33-34-35-36-37-38-39-40-41-42-43-45-47-49-51-53-55-57-65(78)74-61(62(77)56-54-52-50-48-46-44-18-16-14-12-10-8-6-4-2)60-84-72-70(83)68(81)71(64(59-76)86-72)87-73-69(82)67(80)66(79)63(58-75)85-73/h5,7,11,13-14,16-17,19,21-22,24-25,27-28,30-31,33-34,36-37,39-40,42-43,46-49,54,56,61-64,66-73,75-77,79-83H,3-4,6,8-10,12,15,18,20,23,26,29,32,35,38,41,44-45,50-53,55,57-60H2,1-2H3,(H,74,78)/b7-5-,13-11-,16-14+,19-17-,22-21-,25-24-,28-27-,31-30-,34-33-,37-36-,40-39-,43-42-,48-46+,49-47-,56-54+. The average molecular weight is 1210 g/mol. The van der Waals surface area contributed by atoms with Crippen LogP contribution in [0.25, 0.3) is 0 Å². The van der Waals surface area contributed by atoms with Crippen molar-refractivity contribution in [2.24, 2.45) is 0 Å². The topological polar surface area (TPSA) is 228 Å². The lowest BCUT2D eigenvalue weighted by molar-refractivity contribution is -0.359. The molecule has 0 aromatic rings. The molecule has 0 saturated carbocycles. The van der Waals surface area contributed by atoms with E-state index in [1.165, 1.54) is 25.7 Å². The number of aliphatic hydroxyl groups excluding tert-OH is 8. The van der Waals surface area contributed by atoms with E-state index in [0.29, 0.717) is 12.8 Å². The molecule has 14 heteroatoms. The number of nitrogens with one attached hydrogen (secondary N) is 1. The van der Waals surface area contributed by atoms with Gasteiger partial charge < -0.3 is 65.1 Å². The van der Waals surface area contributed by atoms with Crippen molar-refractivity contribution in [3.8, 4) is 0 Å². The lowest BCUT2D eigenvalue weighted by Gasteiger charge is -2.46. The predicted octanol–water partition coefficient (Wildman–Crippen LogP) is 12.6. The van der Waals surface area contributed by atoms with Gasteiger partial charge in [0.1, 0.15) is 48.8 Å². The van der Waals surface area contributed by atoms with Gasteiger partial charge in [0.05, 0.1) is 32.0 Å². The van der Waals surface area contributed by atoms with Crippen molar-refractivity contribution in [1.29, 1.82) is 0 Å². The highest BCUT2D eigenvalue weighted by atomic mass is 16.7. The second-order valence-corrected chi connectivity index (χ2v) is 21.8. The molecule has 12 atom stereocenters. The third-order valence-electron chi connectivity index (χ3n) is 14.3. The molecule has 14 nitrogen and oxygen atoms in total. The molecule has 2 aliphatic heterocycles. The van der Waals surface area contributed by atoms with Crippen LogP contribution in [-0.4, -0.2) is 140 Å². The van der Waals surface area contributed by atoms with Crippen LogP contribution < -0.4 is 5.32 Å². The molecule has 0 bridgehead atoms. The number of ether oxygens (including phenoxy) is 4. The fraction of sp³-hybridized carbons (Fsp3) is 0.575. The summed E-state index contributed by atoms with van der Waals surface area (Å²) in [7, 11) is 0. The number of amides is 1. The Hall–Kier alpha value is -4.91. The molecule has 12 unspecified atom stereocenters. The van der Waals surface area contributed by atoms with Gasteiger partial charge in [0.25, 0.3) is 0 Å². The largest absolute Gasteiger partial charge is 0.394 e. The van der Waals surface area contributed by atoms with Crippen molar-refractivity contribution in [3.05, 3.63) is 182 Å². The highest BCUT2D eigenvalue weighted by Crippen LogP contribution is 2.30. The van der Waals surface area contributed by atoms with Crippen LogP contribution in [-0.2, 0) is 23.7 Å². The Morgan fingerprint density at radius 1 is 0.425 bits per heavy atom. The maximum atomic E-state index is 13.2. The Kier molecular flexibility index (Phi) is 49.6. The molecular formula is C73H113NO13. The summed E-state index contributed by atoms with van der Waals surface area (Å²) >= 11 is 0. The molecule has 0 spiro atoms. The molecule has 2 heterocycles. The van der Waals surface area contributed by atoms with E-state index in [-0.39, 0.29) is 18.9 Å². The quantitative estimate of drug-likeness (QED) is 0.0204. The minimum atomic E-state index is -1.81. The van der Waals surface area contributed by atoms with Gasteiger partial charge in [0, 0.05) is 6.42 Å². The van der Waals surface area contributed by atoms with Gasteiger partial charge in [0.2, 0.25) is 5.91 Å². The first-order valence-corrected chi connectivity index (χ1v) is 32.5. The maximum absolute atomic E-state index is 13.2. The van der Waals surface area contributed by atoms with Crippen LogP contribution >= 0.6 is 0 Å². The van der Waals surface area contributed by atoms with E-state index in [1.54, 1.807) is 6.08 Å². The van der Waals surface area contributed by atoms with Gasteiger partial charge in [-0.15, -0.1) is 0 Å². The van der Waals surface area contributed by atoms with Crippen molar-refractivity contribution in [3.63, 3.8) is 0 Å². The molecule has 2 saturated heterocycles. The summed E-state index contributed by atoms with van der Waals surface area (Å²) in [5.41, 5.74) is 0. The number of aliphatic hydroxyl groups is 8. The van der Waals surface area contributed by atoms with E-state index in [4.69, 9.17) is 18.9 Å². The highest BCUT2D eigenvalue weighted by molar-refractivity contribution is 5.76. The van der Waals surface area contributed by atoms with E-state index >= 15 is 0 Å². The summed E-state index contributed by atoms with van der Waals surface area (Å²) in [6.07, 6.45) is 70.9. The number of allylic oxidation sites excluding steroid dienone is 29. The van der Waals surface area contributed by atoms with Gasteiger partial charge in [-0.3, -0.25) is 4.79 Å². The summed E-state index contributed by atoms with van der Waals surface area (Å²) in [5, 5.41) is 87.0. The van der Waals surface area contributed by atoms with E-state index in [9.17, 15) is 45.6 Å². The van der Waals surface area contributed by atoms with Gasteiger partial charge in [-0.2, -0.15) is 0 Å². The van der Waals surface area contributed by atoms with Crippen LogP contribution in [0.15, 0.2) is 182 Å². The molecule has 488 valence electrons. The van der Waals surface area contributed by atoms with Gasteiger partial charge in [-0.25, -0.2) is 0 Å². The number of carbonyl (C=O) groups is 1. The van der Waals surface area contributed by atoms with Crippen molar-refractivity contribution in [2.75, 3.05) is 19.8 Å². The molecule has 2 rings (SSSR count). The summed E-state index contributed by atoms with van der Waals surface area (Å²) in [4.78, 5) is 13.2. The molecule has 0 aliphatic carbocycles. The minimum absolute atomic E-state index is 0.201. The predicted molar refractivity (Wildman–Crippen MR) is 354 cm³/mol. The lowest BCUT2D eigenvalue weighted by Crippen LogP contribution is -2.65. The minimum Gasteiger partial charge on any atom is -0.394 e. The molecule has 1 amide bonds. The Morgan fingerprint density at radius 3 is 1.24 bits per heavy atom. The molecule has 9 N–H and O–H groups in total. The zero-order valence-electron chi connectivity index (χ0n) is 52.7. The van der Waals surface area contributed by atoms with Crippen molar-refractivity contribution >= 4 is 5.91 Å².